The molecular weight excluding hydrogens is 741 g/mol. The largest absolute Gasteiger partial charge is 0.309 e. The summed E-state index contributed by atoms with van der Waals surface area (Å²) in [5.74, 6) is 0. The maximum atomic E-state index is 2.50. The summed E-state index contributed by atoms with van der Waals surface area (Å²) < 4.78 is 10.2. The maximum Gasteiger partial charge on any atom is 0.0541 e. The molecule has 0 aliphatic heterocycles. The summed E-state index contributed by atoms with van der Waals surface area (Å²) in [6.07, 6.45) is 0. The summed E-state index contributed by atoms with van der Waals surface area (Å²) >= 11 is 3.86. The third-order valence-electron chi connectivity index (χ3n) is 12.1. The van der Waals surface area contributed by atoms with Crippen molar-refractivity contribution in [3.8, 4) is 33.6 Å². The number of hydrogen-bond donors (Lipinski definition) is 0. The molecule has 0 spiro atoms. The van der Waals surface area contributed by atoms with Gasteiger partial charge in [-0.3, -0.25) is 0 Å². The van der Waals surface area contributed by atoms with Gasteiger partial charge in [-0.05, 0) is 95.1 Å². The molecule has 0 atom stereocenters. The highest BCUT2D eigenvalue weighted by atomic mass is 32.1. The van der Waals surface area contributed by atoms with Crippen LogP contribution in [0.5, 0.6) is 0 Å². The third kappa shape index (κ3) is 4.58. The molecule has 4 heteroatoms. The van der Waals surface area contributed by atoms with Gasteiger partial charge >= 0.3 is 0 Å². The summed E-state index contributed by atoms with van der Waals surface area (Å²) in [7, 11) is 0. The van der Waals surface area contributed by atoms with E-state index >= 15 is 0 Å². The van der Waals surface area contributed by atoms with Gasteiger partial charge in [0.25, 0.3) is 0 Å². The van der Waals surface area contributed by atoms with Crippen LogP contribution in [0.1, 0.15) is 0 Å². The molecular formula is C54H32N2S2. The van der Waals surface area contributed by atoms with Crippen molar-refractivity contribution in [2.75, 3.05) is 0 Å². The molecule has 0 saturated carbocycles. The van der Waals surface area contributed by atoms with Gasteiger partial charge in [0.05, 0.1) is 31.5 Å². The Kier molecular flexibility index (Phi) is 6.79. The van der Waals surface area contributed by atoms with E-state index in [-0.39, 0.29) is 0 Å². The molecule has 0 aliphatic rings. The van der Waals surface area contributed by atoms with E-state index in [4.69, 9.17) is 0 Å². The van der Waals surface area contributed by atoms with Crippen molar-refractivity contribution in [3.05, 3.63) is 194 Å². The molecule has 0 fully saturated rings. The number of fused-ring (bicyclic) bond motifs is 13. The lowest BCUT2D eigenvalue weighted by atomic mass is 9.94. The first kappa shape index (κ1) is 32.1. The normalized spacial score (nSPS) is 12.1. The highest BCUT2D eigenvalue weighted by Crippen LogP contribution is 2.50. The van der Waals surface area contributed by atoms with E-state index in [2.05, 4.69) is 203 Å². The molecule has 270 valence electrons. The Labute approximate surface area is 341 Å². The van der Waals surface area contributed by atoms with Gasteiger partial charge in [0.15, 0.2) is 0 Å². The van der Waals surface area contributed by atoms with Crippen molar-refractivity contribution in [2.45, 2.75) is 0 Å². The number of aromatic nitrogens is 2. The number of nitrogens with zero attached hydrogens (tertiary/aromatic N) is 2. The molecule has 0 aliphatic carbocycles. The fraction of sp³-hybridized carbons (Fsp3) is 0. The molecule has 2 nitrogen and oxygen atoms in total. The lowest BCUT2D eigenvalue weighted by Crippen LogP contribution is -1.93. The maximum absolute atomic E-state index is 2.50. The zero-order chi connectivity index (χ0) is 37.9. The Morgan fingerprint density at radius 1 is 0.293 bits per heavy atom. The van der Waals surface area contributed by atoms with E-state index in [1.165, 1.54) is 118 Å². The van der Waals surface area contributed by atoms with Crippen molar-refractivity contribution >= 4 is 107 Å². The average molecular weight is 773 g/mol. The molecule has 13 aromatic rings. The molecule has 4 heterocycles. The van der Waals surface area contributed by atoms with E-state index < -0.39 is 0 Å². The topological polar surface area (TPSA) is 9.86 Å². The SMILES string of the molecule is c1ccc(-c2cccc(-c3cc4c5cc(-n6c7ccccc7c7ccccc76)ccc5sc4c4sc5ccc(-n6c7ccccc7c7ccccc76)cc5c34)c2)cc1. The Morgan fingerprint density at radius 2 is 0.759 bits per heavy atom. The second-order valence-corrected chi connectivity index (χ2v) is 17.4. The number of thiophene rings is 2. The quantitative estimate of drug-likeness (QED) is 0.169. The van der Waals surface area contributed by atoms with Gasteiger partial charge in [-0.25, -0.2) is 0 Å². The Hall–Kier alpha value is -6.98. The minimum Gasteiger partial charge on any atom is -0.309 e. The lowest BCUT2D eigenvalue weighted by Gasteiger charge is -2.11. The fourth-order valence-electron chi connectivity index (χ4n) is 9.55. The number of hydrogen-bond acceptors (Lipinski definition) is 2. The van der Waals surface area contributed by atoms with Gasteiger partial charge in [-0.2, -0.15) is 0 Å². The molecule has 4 aromatic heterocycles. The van der Waals surface area contributed by atoms with Crippen molar-refractivity contribution < 1.29 is 0 Å². The lowest BCUT2D eigenvalue weighted by molar-refractivity contribution is 1.19. The van der Waals surface area contributed by atoms with Crippen LogP contribution in [-0.2, 0) is 0 Å². The molecule has 0 N–H and O–H groups in total. The van der Waals surface area contributed by atoms with Gasteiger partial charge in [-0.15, -0.1) is 22.7 Å². The fourth-order valence-corrected chi connectivity index (χ4v) is 12.1. The summed E-state index contributed by atoms with van der Waals surface area (Å²) in [5.41, 5.74) is 12.2. The third-order valence-corrected chi connectivity index (χ3v) is 14.6. The van der Waals surface area contributed by atoms with Gasteiger partial charge < -0.3 is 9.13 Å². The smallest absolute Gasteiger partial charge is 0.0541 e. The van der Waals surface area contributed by atoms with Crippen molar-refractivity contribution in [2.24, 2.45) is 0 Å². The van der Waals surface area contributed by atoms with Crippen LogP contribution >= 0.6 is 22.7 Å². The predicted molar refractivity (Wildman–Crippen MR) is 252 cm³/mol. The Morgan fingerprint density at radius 3 is 1.34 bits per heavy atom. The van der Waals surface area contributed by atoms with Crippen LogP contribution in [0.3, 0.4) is 0 Å². The van der Waals surface area contributed by atoms with E-state index in [1.54, 1.807) is 0 Å². The van der Waals surface area contributed by atoms with E-state index in [1.807, 2.05) is 22.7 Å². The van der Waals surface area contributed by atoms with Crippen LogP contribution in [-0.4, -0.2) is 9.13 Å². The van der Waals surface area contributed by atoms with Crippen LogP contribution in [0.15, 0.2) is 194 Å². The van der Waals surface area contributed by atoms with Gasteiger partial charge in [-0.1, -0.05) is 121 Å². The highest BCUT2D eigenvalue weighted by Gasteiger charge is 2.21. The Bertz CT molecular complexity index is 3690. The molecule has 0 bridgehead atoms. The van der Waals surface area contributed by atoms with Crippen LogP contribution < -0.4 is 0 Å². The number of benzene rings is 9. The van der Waals surface area contributed by atoms with Crippen LogP contribution in [0.2, 0.25) is 0 Å². The van der Waals surface area contributed by atoms with E-state index in [0.717, 1.165) is 0 Å². The molecule has 0 unspecified atom stereocenters. The second kappa shape index (κ2) is 12.3. The van der Waals surface area contributed by atoms with Gasteiger partial charge in [0, 0.05) is 63.9 Å². The van der Waals surface area contributed by atoms with Crippen molar-refractivity contribution in [1.29, 1.82) is 0 Å². The van der Waals surface area contributed by atoms with Gasteiger partial charge in [0.1, 0.15) is 0 Å². The van der Waals surface area contributed by atoms with Crippen LogP contribution in [0.4, 0.5) is 0 Å². The minimum atomic E-state index is 1.18. The van der Waals surface area contributed by atoms with Crippen molar-refractivity contribution in [3.63, 3.8) is 0 Å². The first-order valence-electron chi connectivity index (χ1n) is 19.8. The summed E-state index contributed by atoms with van der Waals surface area (Å²) in [4.78, 5) is 0. The first-order valence-corrected chi connectivity index (χ1v) is 21.4. The molecule has 0 radical (unpaired) electrons. The second-order valence-electron chi connectivity index (χ2n) is 15.3. The van der Waals surface area contributed by atoms with Crippen molar-refractivity contribution in [1.82, 2.24) is 9.13 Å². The van der Waals surface area contributed by atoms with Gasteiger partial charge in [0.2, 0.25) is 0 Å². The monoisotopic (exact) mass is 772 g/mol. The number of para-hydroxylation sites is 4. The molecule has 0 amide bonds. The van der Waals surface area contributed by atoms with Crippen LogP contribution in [0, 0.1) is 0 Å². The minimum absolute atomic E-state index is 1.18. The van der Waals surface area contributed by atoms with Crippen LogP contribution in [0.25, 0.3) is 118 Å². The summed E-state index contributed by atoms with van der Waals surface area (Å²) in [6.45, 7) is 0. The molecule has 13 rings (SSSR count). The first-order chi connectivity index (χ1) is 28.8. The zero-order valence-electron chi connectivity index (χ0n) is 31.2. The standard InChI is InChI=1S/C54H32N2S2/c1-2-13-33(14-3-1)34-15-12-16-35(29-34)42-32-44-43-30-36(55-46-21-8-4-17-38(46)39-18-5-9-22-47(39)55)25-27-50(43)57-53(44)54-52(42)45-31-37(26-28-51(45)58-54)56-48-23-10-6-19-40(48)41-20-7-11-24-49(41)56/h1-32H. The molecule has 9 aromatic carbocycles. The Balaban J connectivity index is 1.11. The number of rotatable bonds is 4. The summed E-state index contributed by atoms with van der Waals surface area (Å²) in [5, 5.41) is 10.3. The van der Waals surface area contributed by atoms with E-state index in [9.17, 15) is 0 Å². The average Bonchev–Trinajstić information content (AvgIpc) is 4.04. The molecule has 0 saturated heterocycles. The molecule has 58 heavy (non-hydrogen) atoms. The van der Waals surface area contributed by atoms with E-state index in [0.29, 0.717) is 0 Å². The predicted octanol–water partition coefficient (Wildman–Crippen LogP) is 16.0. The zero-order valence-corrected chi connectivity index (χ0v) is 32.8. The highest BCUT2D eigenvalue weighted by molar-refractivity contribution is 7.33. The summed E-state index contributed by atoms with van der Waals surface area (Å²) in [6, 6.07) is 71.7.